The second-order valence-electron chi connectivity index (χ2n) is 4.78. The first kappa shape index (κ1) is 16.2. The molecular formula is C13H19N3O3S2. The number of aryl methyl sites for hydroxylation is 3. The summed E-state index contributed by atoms with van der Waals surface area (Å²) in [5, 5.41) is 4.83. The van der Waals surface area contributed by atoms with E-state index >= 15 is 0 Å². The first-order chi connectivity index (χ1) is 9.85. The Hall–Kier alpha value is -1.22. The molecule has 0 aliphatic carbocycles. The summed E-state index contributed by atoms with van der Waals surface area (Å²) in [5.74, 6) is 1.07. The van der Waals surface area contributed by atoms with Crippen LogP contribution in [0.5, 0.6) is 0 Å². The number of thiophene rings is 1. The van der Waals surface area contributed by atoms with Crippen LogP contribution in [-0.2, 0) is 23.1 Å². The van der Waals surface area contributed by atoms with Crippen molar-refractivity contribution in [2.45, 2.75) is 38.8 Å². The SMILES string of the molecule is CNCc1scc(C)c1S(=O)(=O)NCc1nc(C)c(C)o1. The molecule has 0 aliphatic rings. The third-order valence-corrected chi connectivity index (χ3v) is 5.95. The number of rotatable bonds is 6. The van der Waals surface area contributed by atoms with Crippen LogP contribution < -0.4 is 10.0 Å². The molecule has 2 heterocycles. The molecule has 116 valence electrons. The summed E-state index contributed by atoms with van der Waals surface area (Å²) in [7, 11) is -1.79. The Morgan fingerprint density at radius 3 is 2.57 bits per heavy atom. The summed E-state index contributed by atoms with van der Waals surface area (Å²) in [6.07, 6.45) is 0. The lowest BCUT2D eigenvalue weighted by Gasteiger charge is -2.07. The molecule has 0 aliphatic heterocycles. The van der Waals surface area contributed by atoms with E-state index in [2.05, 4.69) is 15.0 Å². The number of sulfonamides is 1. The van der Waals surface area contributed by atoms with Gasteiger partial charge in [0.2, 0.25) is 15.9 Å². The van der Waals surface area contributed by atoms with Gasteiger partial charge in [-0.05, 0) is 38.8 Å². The van der Waals surface area contributed by atoms with Crippen molar-refractivity contribution in [2.75, 3.05) is 7.05 Å². The number of nitrogens with zero attached hydrogens (tertiary/aromatic N) is 1. The number of nitrogens with one attached hydrogen (secondary N) is 2. The van der Waals surface area contributed by atoms with Crippen molar-refractivity contribution in [1.29, 1.82) is 0 Å². The normalized spacial score (nSPS) is 12.0. The van der Waals surface area contributed by atoms with Gasteiger partial charge < -0.3 is 9.73 Å². The van der Waals surface area contributed by atoms with E-state index < -0.39 is 10.0 Å². The first-order valence-electron chi connectivity index (χ1n) is 6.49. The standard InChI is InChI=1S/C13H19N3O3S2/c1-8-7-20-11(5-14-4)13(8)21(17,18)15-6-12-16-9(2)10(3)19-12/h7,14-15H,5-6H2,1-4H3. The highest BCUT2D eigenvalue weighted by Gasteiger charge is 2.23. The van der Waals surface area contributed by atoms with Crippen LogP contribution >= 0.6 is 11.3 Å². The van der Waals surface area contributed by atoms with Gasteiger partial charge in [0.25, 0.3) is 0 Å². The maximum atomic E-state index is 12.5. The quantitative estimate of drug-likeness (QED) is 0.845. The molecule has 0 unspecified atom stereocenters. The Morgan fingerprint density at radius 1 is 1.29 bits per heavy atom. The fourth-order valence-electron chi connectivity index (χ4n) is 1.97. The van der Waals surface area contributed by atoms with Crippen LogP contribution in [0.1, 0.15) is 27.8 Å². The smallest absolute Gasteiger partial charge is 0.242 e. The predicted octanol–water partition coefficient (Wildman–Crippen LogP) is 1.86. The zero-order valence-electron chi connectivity index (χ0n) is 12.5. The molecule has 2 rings (SSSR count). The zero-order valence-corrected chi connectivity index (χ0v) is 14.1. The molecule has 2 aromatic heterocycles. The highest BCUT2D eigenvalue weighted by molar-refractivity contribution is 7.89. The van der Waals surface area contributed by atoms with Crippen molar-refractivity contribution in [3.8, 4) is 0 Å². The van der Waals surface area contributed by atoms with Gasteiger partial charge in [-0.3, -0.25) is 0 Å². The molecule has 2 aromatic rings. The fraction of sp³-hybridized carbons (Fsp3) is 0.462. The van der Waals surface area contributed by atoms with E-state index in [1.165, 1.54) is 11.3 Å². The third kappa shape index (κ3) is 3.52. The largest absolute Gasteiger partial charge is 0.444 e. The first-order valence-corrected chi connectivity index (χ1v) is 8.85. The lowest BCUT2D eigenvalue weighted by molar-refractivity contribution is 0.463. The lowest BCUT2D eigenvalue weighted by Crippen LogP contribution is -2.25. The predicted molar refractivity (Wildman–Crippen MR) is 81.8 cm³/mol. The Labute approximate surface area is 128 Å². The van der Waals surface area contributed by atoms with Gasteiger partial charge in [0.05, 0.1) is 12.2 Å². The summed E-state index contributed by atoms with van der Waals surface area (Å²) in [5.41, 5.74) is 1.52. The molecule has 0 radical (unpaired) electrons. The average Bonchev–Trinajstić information content (AvgIpc) is 2.92. The molecule has 0 aromatic carbocycles. The van der Waals surface area contributed by atoms with Crippen molar-refractivity contribution in [2.24, 2.45) is 0 Å². The van der Waals surface area contributed by atoms with Crippen molar-refractivity contribution in [3.63, 3.8) is 0 Å². The summed E-state index contributed by atoms with van der Waals surface area (Å²) in [6.45, 7) is 5.99. The molecular weight excluding hydrogens is 310 g/mol. The molecule has 6 nitrogen and oxygen atoms in total. The fourth-order valence-corrected chi connectivity index (χ4v) is 4.77. The molecule has 0 atom stereocenters. The lowest BCUT2D eigenvalue weighted by atomic mass is 10.3. The van der Waals surface area contributed by atoms with E-state index in [0.717, 1.165) is 16.1 Å². The second-order valence-corrected chi connectivity index (χ2v) is 7.44. The van der Waals surface area contributed by atoms with Crippen LogP contribution in [-0.4, -0.2) is 20.4 Å². The maximum Gasteiger partial charge on any atom is 0.242 e. The maximum absolute atomic E-state index is 12.5. The van der Waals surface area contributed by atoms with E-state index in [1.807, 2.05) is 12.3 Å². The number of hydrogen-bond acceptors (Lipinski definition) is 6. The minimum atomic E-state index is -3.58. The number of aromatic nitrogens is 1. The van der Waals surface area contributed by atoms with Crippen molar-refractivity contribution in [1.82, 2.24) is 15.0 Å². The Kier molecular flexibility index (Phi) is 4.82. The van der Waals surface area contributed by atoms with Crippen LogP contribution in [0.3, 0.4) is 0 Å². The van der Waals surface area contributed by atoms with Crippen molar-refractivity contribution < 1.29 is 12.8 Å². The van der Waals surface area contributed by atoms with Gasteiger partial charge in [-0.2, -0.15) is 0 Å². The molecule has 0 fully saturated rings. The summed E-state index contributed by atoms with van der Waals surface area (Å²) < 4.78 is 32.9. The van der Waals surface area contributed by atoms with Gasteiger partial charge >= 0.3 is 0 Å². The molecule has 0 saturated heterocycles. The molecule has 0 bridgehead atoms. The van der Waals surface area contributed by atoms with E-state index in [9.17, 15) is 8.42 Å². The van der Waals surface area contributed by atoms with Crippen molar-refractivity contribution >= 4 is 21.4 Å². The monoisotopic (exact) mass is 329 g/mol. The van der Waals surface area contributed by atoms with E-state index in [0.29, 0.717) is 23.1 Å². The van der Waals surface area contributed by atoms with Crippen LogP contribution in [0.15, 0.2) is 14.7 Å². The second kappa shape index (κ2) is 6.27. The Balaban J connectivity index is 2.20. The van der Waals surface area contributed by atoms with E-state index in [1.54, 1.807) is 20.9 Å². The van der Waals surface area contributed by atoms with Gasteiger partial charge in [-0.15, -0.1) is 11.3 Å². The molecule has 8 heteroatoms. The molecule has 0 saturated carbocycles. The summed E-state index contributed by atoms with van der Waals surface area (Å²) in [6, 6.07) is 0. The van der Waals surface area contributed by atoms with Crippen LogP contribution in [0, 0.1) is 20.8 Å². The number of oxazole rings is 1. The van der Waals surface area contributed by atoms with Crippen LogP contribution in [0.4, 0.5) is 0 Å². The molecule has 21 heavy (non-hydrogen) atoms. The molecule has 2 N–H and O–H groups in total. The Bertz CT molecular complexity index is 712. The molecule has 0 amide bonds. The topological polar surface area (TPSA) is 84.2 Å². The Morgan fingerprint density at radius 2 is 2.00 bits per heavy atom. The molecule has 0 spiro atoms. The van der Waals surface area contributed by atoms with Crippen molar-refractivity contribution in [3.05, 3.63) is 33.2 Å². The summed E-state index contributed by atoms with van der Waals surface area (Å²) in [4.78, 5) is 5.32. The van der Waals surface area contributed by atoms with Crippen LogP contribution in [0.2, 0.25) is 0 Å². The minimum Gasteiger partial charge on any atom is -0.444 e. The van der Waals surface area contributed by atoms with Gasteiger partial charge in [-0.25, -0.2) is 18.1 Å². The van der Waals surface area contributed by atoms with Gasteiger partial charge in [0, 0.05) is 11.4 Å². The number of hydrogen-bond donors (Lipinski definition) is 2. The summed E-state index contributed by atoms with van der Waals surface area (Å²) >= 11 is 1.44. The van der Waals surface area contributed by atoms with Gasteiger partial charge in [0.15, 0.2) is 0 Å². The highest BCUT2D eigenvalue weighted by Crippen LogP contribution is 2.26. The zero-order chi connectivity index (χ0) is 15.6. The van der Waals surface area contributed by atoms with Crippen LogP contribution in [0.25, 0.3) is 0 Å². The van der Waals surface area contributed by atoms with E-state index in [4.69, 9.17) is 4.42 Å². The van der Waals surface area contributed by atoms with Gasteiger partial charge in [0.1, 0.15) is 10.7 Å². The van der Waals surface area contributed by atoms with Gasteiger partial charge in [-0.1, -0.05) is 0 Å². The third-order valence-electron chi connectivity index (χ3n) is 3.08. The minimum absolute atomic E-state index is 0.0469. The average molecular weight is 329 g/mol. The highest BCUT2D eigenvalue weighted by atomic mass is 32.2. The van der Waals surface area contributed by atoms with E-state index in [-0.39, 0.29) is 6.54 Å².